The van der Waals surface area contributed by atoms with Crippen LogP contribution in [0.1, 0.15) is 64.7 Å². The van der Waals surface area contributed by atoms with Crippen molar-refractivity contribution in [1.82, 2.24) is 15.5 Å². The fourth-order valence-electron chi connectivity index (χ4n) is 4.99. The van der Waals surface area contributed by atoms with Gasteiger partial charge >= 0.3 is 0 Å². The first kappa shape index (κ1) is 20.9. The Bertz CT molecular complexity index is 593. The summed E-state index contributed by atoms with van der Waals surface area (Å²) in [5.74, 6) is 1.72. The highest BCUT2D eigenvalue weighted by molar-refractivity contribution is 7.91. The number of likely N-dealkylation sites (tertiary alicyclic amines) is 1. The number of guanidine groups is 1. The lowest BCUT2D eigenvalue weighted by molar-refractivity contribution is 0.0407. The zero-order chi connectivity index (χ0) is 19.2. The van der Waals surface area contributed by atoms with Crippen LogP contribution in [0.3, 0.4) is 0 Å². The maximum Gasteiger partial charge on any atom is 0.191 e. The van der Waals surface area contributed by atoms with Gasteiger partial charge in [0.15, 0.2) is 15.8 Å². The third-order valence-electron chi connectivity index (χ3n) is 6.57. The Morgan fingerprint density at radius 3 is 2.41 bits per heavy atom. The van der Waals surface area contributed by atoms with Crippen molar-refractivity contribution < 1.29 is 8.42 Å². The summed E-state index contributed by atoms with van der Waals surface area (Å²) < 4.78 is 23.4. The van der Waals surface area contributed by atoms with Crippen LogP contribution >= 0.6 is 0 Å². The number of rotatable bonds is 6. The van der Waals surface area contributed by atoms with E-state index < -0.39 is 9.84 Å². The van der Waals surface area contributed by atoms with E-state index in [1.165, 1.54) is 64.5 Å². The molecule has 3 fully saturated rings. The predicted molar refractivity (Wildman–Crippen MR) is 112 cm³/mol. The zero-order valence-electron chi connectivity index (χ0n) is 17.0. The van der Waals surface area contributed by atoms with Crippen LogP contribution < -0.4 is 10.6 Å². The van der Waals surface area contributed by atoms with Crippen molar-refractivity contribution in [2.75, 3.05) is 44.2 Å². The van der Waals surface area contributed by atoms with Gasteiger partial charge in [0.05, 0.1) is 18.1 Å². The topological polar surface area (TPSA) is 73.8 Å². The molecule has 1 atom stereocenters. The van der Waals surface area contributed by atoms with E-state index in [0.29, 0.717) is 18.1 Å². The quantitative estimate of drug-likeness (QED) is 0.530. The van der Waals surface area contributed by atoms with Crippen molar-refractivity contribution in [2.45, 2.75) is 70.3 Å². The lowest BCUT2D eigenvalue weighted by Crippen LogP contribution is -2.54. The standard InChI is InChI=1S/C20H38N4O2S/c1-2-21-19(22-15-18-9-14-27(25,26)16-18)23-17-20(10-5-3-6-11-20)24-12-7-4-8-13-24/h18H,2-17H2,1H3,(H2,21,22,23). The van der Waals surface area contributed by atoms with E-state index >= 15 is 0 Å². The summed E-state index contributed by atoms with van der Waals surface area (Å²) in [7, 11) is -2.82. The molecule has 0 aromatic carbocycles. The van der Waals surface area contributed by atoms with E-state index in [2.05, 4.69) is 22.5 Å². The van der Waals surface area contributed by atoms with Crippen LogP contribution in [-0.2, 0) is 9.84 Å². The van der Waals surface area contributed by atoms with Gasteiger partial charge in [-0.1, -0.05) is 25.7 Å². The molecule has 3 rings (SSSR count). The van der Waals surface area contributed by atoms with Crippen LogP contribution in [0.5, 0.6) is 0 Å². The molecule has 2 N–H and O–H groups in total. The number of piperidine rings is 1. The molecule has 2 aliphatic heterocycles. The van der Waals surface area contributed by atoms with E-state index in [1.807, 2.05) is 0 Å². The maximum absolute atomic E-state index is 11.7. The molecular weight excluding hydrogens is 360 g/mol. The number of nitrogens with zero attached hydrogens (tertiary/aromatic N) is 2. The second-order valence-electron chi connectivity index (χ2n) is 8.68. The lowest BCUT2D eigenvalue weighted by Gasteiger charge is -2.47. The summed E-state index contributed by atoms with van der Waals surface area (Å²) in [6.07, 6.45) is 11.3. The van der Waals surface area contributed by atoms with E-state index in [9.17, 15) is 8.42 Å². The summed E-state index contributed by atoms with van der Waals surface area (Å²) in [5.41, 5.74) is 0.234. The van der Waals surface area contributed by atoms with Gasteiger partial charge in [0, 0.05) is 18.6 Å². The molecule has 6 nitrogen and oxygen atoms in total. The van der Waals surface area contributed by atoms with Crippen molar-refractivity contribution in [3.8, 4) is 0 Å². The number of nitrogens with one attached hydrogen (secondary N) is 2. The summed E-state index contributed by atoms with van der Waals surface area (Å²) in [5, 5.41) is 6.77. The van der Waals surface area contributed by atoms with Gasteiger partial charge in [-0.25, -0.2) is 8.42 Å². The first-order chi connectivity index (χ1) is 13.0. The Hall–Kier alpha value is -0.820. The zero-order valence-corrected chi connectivity index (χ0v) is 17.8. The highest BCUT2D eigenvalue weighted by atomic mass is 32.2. The van der Waals surface area contributed by atoms with Gasteiger partial charge in [0.25, 0.3) is 0 Å². The Morgan fingerprint density at radius 2 is 1.78 bits per heavy atom. The summed E-state index contributed by atoms with van der Waals surface area (Å²) in [6.45, 7) is 6.90. The minimum absolute atomic E-state index is 0.213. The normalized spacial score (nSPS) is 28.8. The number of sulfone groups is 1. The molecule has 27 heavy (non-hydrogen) atoms. The molecule has 3 aliphatic rings. The maximum atomic E-state index is 11.7. The first-order valence-corrected chi connectivity index (χ1v) is 12.8. The van der Waals surface area contributed by atoms with Gasteiger partial charge in [0.2, 0.25) is 0 Å². The molecule has 0 spiro atoms. The molecule has 156 valence electrons. The summed E-state index contributed by atoms with van der Waals surface area (Å²) >= 11 is 0. The van der Waals surface area contributed by atoms with Crippen molar-refractivity contribution in [3.05, 3.63) is 0 Å². The van der Waals surface area contributed by atoms with Gasteiger partial charge in [0.1, 0.15) is 0 Å². The third-order valence-corrected chi connectivity index (χ3v) is 8.41. The van der Waals surface area contributed by atoms with E-state index in [0.717, 1.165) is 25.5 Å². The Labute approximate surface area is 165 Å². The molecule has 0 radical (unpaired) electrons. The van der Waals surface area contributed by atoms with Crippen LogP contribution in [0.4, 0.5) is 0 Å². The Balaban J connectivity index is 1.62. The van der Waals surface area contributed by atoms with Crippen molar-refractivity contribution in [1.29, 1.82) is 0 Å². The van der Waals surface area contributed by atoms with E-state index in [1.54, 1.807) is 0 Å². The molecule has 0 bridgehead atoms. The molecule has 2 heterocycles. The first-order valence-electron chi connectivity index (χ1n) is 11.0. The van der Waals surface area contributed by atoms with Gasteiger partial charge < -0.3 is 10.6 Å². The highest BCUT2D eigenvalue weighted by Crippen LogP contribution is 2.35. The largest absolute Gasteiger partial charge is 0.357 e. The fourth-order valence-corrected chi connectivity index (χ4v) is 6.86. The second kappa shape index (κ2) is 9.59. The van der Waals surface area contributed by atoms with Crippen LogP contribution in [0, 0.1) is 5.92 Å². The number of hydrogen-bond donors (Lipinski definition) is 2. The van der Waals surface area contributed by atoms with Gasteiger partial charge in [-0.3, -0.25) is 9.89 Å². The van der Waals surface area contributed by atoms with Crippen LogP contribution in [0.15, 0.2) is 4.99 Å². The molecule has 1 unspecified atom stereocenters. The SMILES string of the molecule is CCNC(=NCC1(N2CCCCC2)CCCCC1)NCC1CCS(=O)(=O)C1. The molecule has 1 aliphatic carbocycles. The molecule has 7 heteroatoms. The average Bonchev–Trinajstić information content (AvgIpc) is 3.04. The lowest BCUT2D eigenvalue weighted by atomic mass is 9.79. The van der Waals surface area contributed by atoms with Gasteiger partial charge in [-0.15, -0.1) is 0 Å². The third kappa shape index (κ3) is 5.83. The van der Waals surface area contributed by atoms with E-state index in [-0.39, 0.29) is 11.5 Å². The predicted octanol–water partition coefficient (Wildman–Crippen LogP) is 2.17. The highest BCUT2D eigenvalue weighted by Gasteiger charge is 2.38. The summed E-state index contributed by atoms with van der Waals surface area (Å²) in [4.78, 5) is 7.71. The minimum Gasteiger partial charge on any atom is -0.357 e. The second-order valence-corrected chi connectivity index (χ2v) is 10.9. The molecular formula is C20H38N4O2S. The average molecular weight is 399 g/mol. The Kier molecular flexibility index (Phi) is 7.42. The molecule has 0 aromatic rings. The minimum atomic E-state index is -2.82. The fraction of sp³-hybridized carbons (Fsp3) is 0.950. The molecule has 0 aromatic heterocycles. The monoisotopic (exact) mass is 398 g/mol. The number of hydrogen-bond acceptors (Lipinski definition) is 4. The molecule has 1 saturated carbocycles. The van der Waals surface area contributed by atoms with Crippen LogP contribution in [0.2, 0.25) is 0 Å². The summed E-state index contributed by atoms with van der Waals surface area (Å²) in [6, 6.07) is 0. The van der Waals surface area contributed by atoms with Crippen molar-refractivity contribution in [2.24, 2.45) is 10.9 Å². The number of aliphatic imine (C=N–C) groups is 1. The van der Waals surface area contributed by atoms with Gasteiger partial charge in [-0.2, -0.15) is 0 Å². The van der Waals surface area contributed by atoms with E-state index in [4.69, 9.17) is 4.99 Å². The molecule has 0 amide bonds. The molecule has 2 saturated heterocycles. The van der Waals surface area contributed by atoms with Gasteiger partial charge in [-0.05, 0) is 58.0 Å². The Morgan fingerprint density at radius 1 is 1.07 bits per heavy atom. The van der Waals surface area contributed by atoms with Crippen molar-refractivity contribution in [3.63, 3.8) is 0 Å². The smallest absolute Gasteiger partial charge is 0.191 e. The van der Waals surface area contributed by atoms with Crippen LogP contribution in [-0.4, -0.2) is 69.0 Å². The van der Waals surface area contributed by atoms with Crippen LogP contribution in [0.25, 0.3) is 0 Å². The van der Waals surface area contributed by atoms with Crippen molar-refractivity contribution >= 4 is 15.8 Å².